The molecule has 7 nitrogen and oxygen atoms in total. The van der Waals surface area contributed by atoms with Crippen LogP contribution >= 0.6 is 0 Å². The number of rotatable bonds is 3. The first kappa shape index (κ1) is 13.3. The summed E-state index contributed by atoms with van der Waals surface area (Å²) in [6, 6.07) is 1.89. The predicted octanol–water partition coefficient (Wildman–Crippen LogP) is -0.302. The number of anilines is 1. The molecule has 2 saturated heterocycles. The summed E-state index contributed by atoms with van der Waals surface area (Å²) in [5.41, 5.74) is 0. The summed E-state index contributed by atoms with van der Waals surface area (Å²) < 4.78 is 5.70. The Morgan fingerprint density at radius 2 is 2.10 bits per heavy atom. The molecular weight excluding hydrogens is 260 g/mol. The highest BCUT2D eigenvalue weighted by Crippen LogP contribution is 2.22. The van der Waals surface area contributed by atoms with E-state index >= 15 is 0 Å². The minimum atomic E-state index is -0.784. The summed E-state index contributed by atoms with van der Waals surface area (Å²) in [4.78, 5) is 23.7. The highest BCUT2D eigenvalue weighted by Gasteiger charge is 2.34. The molecule has 0 unspecified atom stereocenters. The quantitative estimate of drug-likeness (QED) is 0.813. The van der Waals surface area contributed by atoms with Crippen LogP contribution < -0.4 is 4.90 Å². The monoisotopic (exact) mass is 278 g/mol. The van der Waals surface area contributed by atoms with E-state index in [0.29, 0.717) is 25.7 Å². The van der Waals surface area contributed by atoms with Crippen molar-refractivity contribution in [3.63, 3.8) is 0 Å². The van der Waals surface area contributed by atoms with Gasteiger partial charge in [0, 0.05) is 37.9 Å². The number of fused-ring (bicyclic) bond motifs is 3. The summed E-state index contributed by atoms with van der Waals surface area (Å²) in [5, 5.41) is 8.99. The molecule has 0 aromatic carbocycles. The molecule has 0 aliphatic carbocycles. The first-order valence-electron chi connectivity index (χ1n) is 6.78. The fraction of sp³-hybridized carbons (Fsp3) is 0.615. The van der Waals surface area contributed by atoms with Crippen molar-refractivity contribution in [2.75, 3.05) is 44.3 Å². The third kappa shape index (κ3) is 2.88. The molecule has 3 heterocycles. The molecular formula is C13H18N4O3. The van der Waals surface area contributed by atoms with Crippen molar-refractivity contribution in [3.8, 4) is 0 Å². The Kier molecular flexibility index (Phi) is 3.79. The lowest BCUT2D eigenvalue weighted by Crippen LogP contribution is -2.45. The maximum absolute atomic E-state index is 10.9. The number of aliphatic carboxylic acids is 1. The van der Waals surface area contributed by atoms with Crippen LogP contribution in [0.25, 0.3) is 0 Å². The molecule has 2 fully saturated rings. The number of aromatic nitrogens is 2. The normalized spacial score (nSPS) is 27.1. The number of ether oxygens (including phenoxy) is 1. The lowest BCUT2D eigenvalue weighted by molar-refractivity contribution is -0.138. The SMILES string of the molecule is O=C(O)CN1C[C@@H]2COC[C@H](C1)N(c1ncccn1)C2. The molecule has 0 spiro atoms. The van der Waals surface area contributed by atoms with E-state index in [2.05, 4.69) is 14.9 Å². The van der Waals surface area contributed by atoms with Crippen molar-refractivity contribution >= 4 is 11.9 Å². The van der Waals surface area contributed by atoms with Gasteiger partial charge in [0.15, 0.2) is 0 Å². The summed E-state index contributed by atoms with van der Waals surface area (Å²) in [7, 11) is 0. The topological polar surface area (TPSA) is 78.8 Å². The van der Waals surface area contributed by atoms with Crippen LogP contribution in [0.5, 0.6) is 0 Å². The van der Waals surface area contributed by atoms with Crippen LogP contribution in [0.3, 0.4) is 0 Å². The Bertz CT molecular complexity index is 470. The van der Waals surface area contributed by atoms with E-state index in [0.717, 1.165) is 13.1 Å². The zero-order valence-electron chi connectivity index (χ0n) is 11.2. The smallest absolute Gasteiger partial charge is 0.317 e. The molecule has 0 saturated carbocycles. The molecule has 2 bridgehead atoms. The van der Waals surface area contributed by atoms with Crippen LogP contribution in [0.2, 0.25) is 0 Å². The fourth-order valence-electron chi connectivity index (χ4n) is 2.94. The van der Waals surface area contributed by atoms with Gasteiger partial charge in [-0.1, -0.05) is 0 Å². The Labute approximate surface area is 117 Å². The number of hydrogen-bond donors (Lipinski definition) is 1. The van der Waals surface area contributed by atoms with Crippen molar-refractivity contribution in [1.29, 1.82) is 0 Å². The van der Waals surface area contributed by atoms with Crippen LogP contribution in [-0.2, 0) is 9.53 Å². The summed E-state index contributed by atoms with van der Waals surface area (Å²) in [5.74, 6) is 0.198. The second kappa shape index (κ2) is 5.72. The van der Waals surface area contributed by atoms with Gasteiger partial charge in [0.2, 0.25) is 5.95 Å². The van der Waals surface area contributed by atoms with E-state index in [1.54, 1.807) is 18.5 Å². The zero-order chi connectivity index (χ0) is 13.9. The maximum atomic E-state index is 10.9. The van der Waals surface area contributed by atoms with Crippen molar-refractivity contribution in [2.45, 2.75) is 6.04 Å². The largest absolute Gasteiger partial charge is 0.480 e. The summed E-state index contributed by atoms with van der Waals surface area (Å²) in [6.45, 7) is 3.55. The molecule has 0 amide bonds. The second-order valence-corrected chi connectivity index (χ2v) is 5.35. The number of carboxylic acids is 1. The van der Waals surface area contributed by atoms with Gasteiger partial charge in [0.25, 0.3) is 0 Å². The molecule has 20 heavy (non-hydrogen) atoms. The average molecular weight is 278 g/mol. The van der Waals surface area contributed by atoms with Crippen LogP contribution in [-0.4, -0.2) is 71.4 Å². The molecule has 2 atom stereocenters. The van der Waals surface area contributed by atoms with Crippen LogP contribution in [0.1, 0.15) is 0 Å². The lowest BCUT2D eigenvalue weighted by Gasteiger charge is -2.30. The van der Waals surface area contributed by atoms with Gasteiger partial charge in [0.05, 0.1) is 25.8 Å². The standard InChI is InChI=1S/C13H18N4O3/c18-12(19)7-16-4-10-5-17(11(6-16)9-20-8-10)13-14-2-1-3-15-13/h1-3,10-11H,4-9H2,(H,18,19)/t10-,11-/m0/s1. The molecule has 3 rings (SSSR count). The van der Waals surface area contributed by atoms with E-state index in [9.17, 15) is 4.79 Å². The molecule has 2 aliphatic rings. The van der Waals surface area contributed by atoms with Crippen LogP contribution in [0.4, 0.5) is 5.95 Å². The van der Waals surface area contributed by atoms with Gasteiger partial charge in [-0.15, -0.1) is 0 Å². The van der Waals surface area contributed by atoms with Gasteiger partial charge in [-0.05, 0) is 6.07 Å². The van der Waals surface area contributed by atoms with Gasteiger partial charge in [-0.3, -0.25) is 9.69 Å². The third-order valence-corrected chi connectivity index (χ3v) is 3.71. The molecule has 1 aromatic rings. The van der Waals surface area contributed by atoms with Crippen molar-refractivity contribution in [1.82, 2.24) is 14.9 Å². The van der Waals surface area contributed by atoms with Crippen LogP contribution in [0.15, 0.2) is 18.5 Å². The minimum Gasteiger partial charge on any atom is -0.480 e. The van der Waals surface area contributed by atoms with Gasteiger partial charge in [0.1, 0.15) is 0 Å². The number of carbonyl (C=O) groups is 1. The number of carboxylic acid groups (broad SMARTS) is 1. The Morgan fingerprint density at radius 3 is 2.85 bits per heavy atom. The Balaban J connectivity index is 1.82. The van der Waals surface area contributed by atoms with Crippen LogP contribution in [0, 0.1) is 5.92 Å². The van der Waals surface area contributed by atoms with E-state index in [1.807, 2.05) is 4.90 Å². The first-order chi connectivity index (χ1) is 9.72. The summed E-state index contributed by atoms with van der Waals surface area (Å²) >= 11 is 0. The number of nitrogens with zero attached hydrogens (tertiary/aromatic N) is 4. The molecule has 0 radical (unpaired) electrons. The molecule has 2 aliphatic heterocycles. The summed E-state index contributed by atoms with van der Waals surface area (Å²) in [6.07, 6.45) is 3.46. The molecule has 7 heteroatoms. The lowest BCUT2D eigenvalue weighted by atomic mass is 10.1. The average Bonchev–Trinajstić information content (AvgIpc) is 2.69. The Hall–Kier alpha value is -1.73. The highest BCUT2D eigenvalue weighted by molar-refractivity contribution is 5.69. The second-order valence-electron chi connectivity index (χ2n) is 5.35. The van der Waals surface area contributed by atoms with Gasteiger partial charge >= 0.3 is 5.97 Å². The third-order valence-electron chi connectivity index (χ3n) is 3.71. The maximum Gasteiger partial charge on any atom is 0.317 e. The van der Waals surface area contributed by atoms with E-state index < -0.39 is 5.97 Å². The van der Waals surface area contributed by atoms with E-state index in [1.165, 1.54) is 0 Å². The van der Waals surface area contributed by atoms with Gasteiger partial charge in [-0.25, -0.2) is 9.97 Å². The molecule has 1 N–H and O–H groups in total. The van der Waals surface area contributed by atoms with Gasteiger partial charge in [-0.2, -0.15) is 0 Å². The fourth-order valence-corrected chi connectivity index (χ4v) is 2.94. The highest BCUT2D eigenvalue weighted by atomic mass is 16.5. The van der Waals surface area contributed by atoms with Crippen molar-refractivity contribution in [2.24, 2.45) is 5.92 Å². The van der Waals surface area contributed by atoms with E-state index in [4.69, 9.17) is 9.84 Å². The minimum absolute atomic E-state index is 0.0798. The van der Waals surface area contributed by atoms with Crippen molar-refractivity contribution in [3.05, 3.63) is 18.5 Å². The van der Waals surface area contributed by atoms with Crippen molar-refractivity contribution < 1.29 is 14.6 Å². The zero-order valence-corrected chi connectivity index (χ0v) is 11.2. The van der Waals surface area contributed by atoms with Gasteiger partial charge < -0.3 is 14.7 Å². The number of hydrogen-bond acceptors (Lipinski definition) is 6. The Morgan fingerprint density at radius 1 is 1.30 bits per heavy atom. The molecule has 108 valence electrons. The predicted molar refractivity (Wildman–Crippen MR) is 71.6 cm³/mol. The molecule has 1 aromatic heterocycles. The van der Waals surface area contributed by atoms with E-state index in [-0.39, 0.29) is 18.5 Å². The first-order valence-corrected chi connectivity index (χ1v) is 6.78.